The maximum Gasteiger partial charge on any atom is 0.347 e. The number of nitrogens with zero attached hydrogens (tertiary/aromatic N) is 5. The van der Waals surface area contributed by atoms with E-state index >= 15 is 0 Å². The first-order chi connectivity index (χ1) is 22.5. The minimum atomic E-state index is -0.551. The van der Waals surface area contributed by atoms with Crippen molar-refractivity contribution in [2.75, 3.05) is 51.7 Å². The molecule has 0 spiro atoms. The summed E-state index contributed by atoms with van der Waals surface area (Å²) in [4.78, 5) is 42.3. The van der Waals surface area contributed by atoms with Crippen molar-refractivity contribution in [2.45, 2.75) is 90.6 Å². The smallest absolute Gasteiger partial charge is 0.347 e. The molecule has 4 aliphatic heterocycles. The van der Waals surface area contributed by atoms with Crippen molar-refractivity contribution in [2.24, 2.45) is 10.7 Å². The van der Waals surface area contributed by atoms with Gasteiger partial charge >= 0.3 is 5.69 Å². The number of halogens is 2. The van der Waals surface area contributed by atoms with Crippen LogP contribution in [0, 0.1) is 0 Å². The number of fused-ring (bicyclic) bond motifs is 2. The van der Waals surface area contributed by atoms with Crippen molar-refractivity contribution in [3.05, 3.63) is 67.9 Å². The maximum atomic E-state index is 12.8. The van der Waals surface area contributed by atoms with Gasteiger partial charge in [-0.05, 0) is 68.8 Å². The minimum Gasteiger partial charge on any atom is -0.394 e. The molecule has 1 aromatic heterocycles. The average molecular weight is 672 g/mol. The van der Waals surface area contributed by atoms with E-state index < -0.39 is 11.9 Å². The molecule has 2 aromatic rings. The number of aliphatic imine (C=N–C) groups is 1. The minimum absolute atomic E-state index is 0.121. The van der Waals surface area contributed by atoms with Crippen LogP contribution in [0.4, 0.5) is 10.2 Å². The number of aromatic amines is 1. The second-order valence-corrected chi connectivity index (χ2v) is 13.2. The van der Waals surface area contributed by atoms with Crippen molar-refractivity contribution in [3.63, 3.8) is 0 Å². The van der Waals surface area contributed by atoms with Gasteiger partial charge in [0, 0.05) is 62.0 Å². The zero-order valence-electron chi connectivity index (χ0n) is 28.7. The molecule has 10 nitrogen and oxygen atoms in total. The molecule has 2 saturated heterocycles. The van der Waals surface area contributed by atoms with Crippen LogP contribution in [0.3, 0.4) is 0 Å². The summed E-state index contributed by atoms with van der Waals surface area (Å²) in [6.45, 7) is 12.0. The van der Waals surface area contributed by atoms with E-state index in [1.165, 1.54) is 17.7 Å². The first-order valence-corrected chi connectivity index (χ1v) is 17.2. The number of anilines is 1. The van der Waals surface area contributed by atoms with Crippen LogP contribution in [-0.2, 0) is 29.0 Å². The molecule has 2 unspecified atom stereocenters. The van der Waals surface area contributed by atoms with E-state index in [0.717, 1.165) is 53.2 Å². The largest absolute Gasteiger partial charge is 0.394 e. The lowest BCUT2D eigenvalue weighted by Crippen LogP contribution is -2.35. The lowest BCUT2D eigenvalue weighted by atomic mass is 9.94. The van der Waals surface area contributed by atoms with Gasteiger partial charge in [0.1, 0.15) is 12.0 Å². The van der Waals surface area contributed by atoms with Gasteiger partial charge in [-0.15, -0.1) is 0 Å². The topological polar surface area (TPSA) is 120 Å². The van der Waals surface area contributed by atoms with E-state index in [-0.39, 0.29) is 23.2 Å². The average Bonchev–Trinajstić information content (AvgIpc) is 3.42. The van der Waals surface area contributed by atoms with E-state index in [9.17, 15) is 14.0 Å². The van der Waals surface area contributed by atoms with E-state index in [1.807, 2.05) is 36.9 Å². The second kappa shape index (κ2) is 16.2. The number of H-pyrrole nitrogens is 1. The highest BCUT2D eigenvalue weighted by atomic mass is 35.5. The molecule has 3 N–H and O–H groups in total. The van der Waals surface area contributed by atoms with Gasteiger partial charge in [-0.3, -0.25) is 14.7 Å². The Morgan fingerprint density at radius 3 is 2.74 bits per heavy atom. The van der Waals surface area contributed by atoms with Crippen molar-refractivity contribution < 1.29 is 13.9 Å². The molecule has 5 heterocycles. The number of rotatable bonds is 5. The molecule has 6 rings (SSSR count). The van der Waals surface area contributed by atoms with Crippen LogP contribution in [0.25, 0.3) is 0 Å². The molecule has 0 aliphatic carbocycles. The van der Waals surface area contributed by atoms with Gasteiger partial charge in [0.2, 0.25) is 0 Å². The number of carbonyl (C=O) groups is 1. The highest BCUT2D eigenvalue weighted by Gasteiger charge is 2.44. The highest BCUT2D eigenvalue weighted by molar-refractivity contribution is 6.31. The Bertz CT molecular complexity index is 1530. The van der Waals surface area contributed by atoms with Crippen molar-refractivity contribution in [1.82, 2.24) is 19.8 Å². The number of likely N-dealkylation sites (N-methyl/N-ethyl adjacent to an activating group) is 1. The molecule has 2 fully saturated rings. The Hall–Kier alpha value is -3.28. The fourth-order valence-corrected chi connectivity index (χ4v) is 7.29. The van der Waals surface area contributed by atoms with Gasteiger partial charge in [-0.2, -0.15) is 4.98 Å². The SMILES string of the molecule is CC.CCc1c(Cl)cccc1C1Cc2[nH]c(=O)nc(N3CCCN=C(/C=C(\N)C(=O)N(C)C)C3)c2CO1.C[C@@]12CCCN1CC(F)C2. The summed E-state index contributed by atoms with van der Waals surface area (Å²) in [5.41, 5.74) is 10.4. The van der Waals surface area contributed by atoms with Gasteiger partial charge in [0.15, 0.2) is 0 Å². The number of ether oxygens (including phenoxy) is 1. The van der Waals surface area contributed by atoms with Gasteiger partial charge in [-0.25, -0.2) is 9.18 Å². The van der Waals surface area contributed by atoms with Gasteiger partial charge in [0.05, 0.1) is 30.7 Å². The Morgan fingerprint density at radius 2 is 2.04 bits per heavy atom. The number of alkyl halides is 1. The van der Waals surface area contributed by atoms with Crippen LogP contribution < -0.4 is 16.3 Å². The number of carbonyl (C=O) groups excluding carboxylic acids is 1. The van der Waals surface area contributed by atoms with Crippen LogP contribution in [0.5, 0.6) is 0 Å². The van der Waals surface area contributed by atoms with Crippen LogP contribution in [0.2, 0.25) is 5.02 Å². The van der Waals surface area contributed by atoms with Crippen molar-refractivity contribution >= 4 is 29.0 Å². The third-order valence-electron chi connectivity index (χ3n) is 9.29. The molecule has 12 heteroatoms. The molecule has 1 amide bonds. The molecule has 47 heavy (non-hydrogen) atoms. The van der Waals surface area contributed by atoms with Crippen molar-refractivity contribution in [3.8, 4) is 0 Å². The fraction of sp³-hybridized carbons (Fsp3) is 0.600. The summed E-state index contributed by atoms with van der Waals surface area (Å²) >= 11 is 6.42. The van der Waals surface area contributed by atoms with Crippen molar-refractivity contribution in [1.29, 1.82) is 0 Å². The predicted octanol–water partition coefficient (Wildman–Crippen LogP) is 4.99. The molecule has 0 saturated carbocycles. The van der Waals surface area contributed by atoms with E-state index in [4.69, 9.17) is 22.1 Å². The fourth-order valence-electron chi connectivity index (χ4n) is 6.98. The third kappa shape index (κ3) is 8.61. The number of benzene rings is 1. The highest BCUT2D eigenvalue weighted by Crippen LogP contribution is 2.39. The van der Waals surface area contributed by atoms with E-state index in [0.29, 0.717) is 50.7 Å². The zero-order chi connectivity index (χ0) is 34.3. The first kappa shape index (κ1) is 36.6. The van der Waals surface area contributed by atoms with Crippen LogP contribution in [-0.4, -0.2) is 89.9 Å². The van der Waals surface area contributed by atoms with Crippen LogP contribution in [0.15, 0.2) is 39.8 Å². The summed E-state index contributed by atoms with van der Waals surface area (Å²) in [7, 11) is 3.30. The molecule has 258 valence electrons. The number of nitrogens with two attached hydrogens (primary N) is 1. The molecule has 4 aliphatic rings. The van der Waals surface area contributed by atoms with Crippen LogP contribution in [0.1, 0.15) is 81.9 Å². The third-order valence-corrected chi connectivity index (χ3v) is 9.64. The van der Waals surface area contributed by atoms with E-state index in [1.54, 1.807) is 20.2 Å². The number of nitrogens with one attached hydrogen (secondary N) is 1. The molecule has 3 atom stereocenters. The lowest BCUT2D eigenvalue weighted by molar-refractivity contribution is -0.124. The number of hydrogen-bond acceptors (Lipinski definition) is 8. The number of hydrogen-bond donors (Lipinski definition) is 2. The zero-order valence-corrected chi connectivity index (χ0v) is 29.5. The standard InChI is InChI=1S/C25H31ClN6O3.C8H14FN.C2H6/c1-4-16-17(7-5-8-19(16)26)22-12-21-18(14-35-22)23(30-25(34)29-21)32-10-6-9-28-15(13-32)11-20(27)24(33)31(2)3;1-8-3-2-4-10(8)6-7(9)5-8;1-2/h5,7-8,11,22H,4,6,9-10,12-14,27H2,1-3H3,(H,29,30,34);7H,2-6H2,1H3;1-2H3/b20-11-;;/t;7?,8-;/m.0./s1. The normalized spacial score (nSPS) is 24.1. The monoisotopic (exact) mass is 671 g/mol. The van der Waals surface area contributed by atoms with Gasteiger partial charge in [-0.1, -0.05) is 44.5 Å². The molecular formula is C35H51ClFN7O3. The summed E-state index contributed by atoms with van der Waals surface area (Å²) < 4.78 is 19.1. The predicted molar refractivity (Wildman–Crippen MR) is 187 cm³/mol. The molecule has 0 radical (unpaired) electrons. The molecule has 0 bridgehead atoms. The summed E-state index contributed by atoms with van der Waals surface area (Å²) in [6.07, 6.45) is 6.19. The molecule has 1 aromatic carbocycles. The van der Waals surface area contributed by atoms with Gasteiger partial charge < -0.3 is 25.3 Å². The Balaban J connectivity index is 0.000000349. The Labute approximate surface area is 283 Å². The summed E-state index contributed by atoms with van der Waals surface area (Å²) in [6, 6.07) is 5.84. The van der Waals surface area contributed by atoms with Gasteiger partial charge in [0.25, 0.3) is 5.91 Å². The lowest BCUT2D eigenvalue weighted by Gasteiger charge is -2.31. The Morgan fingerprint density at radius 1 is 1.28 bits per heavy atom. The Kier molecular flexibility index (Phi) is 12.6. The maximum absolute atomic E-state index is 12.8. The number of aromatic nitrogens is 2. The summed E-state index contributed by atoms with van der Waals surface area (Å²) in [5, 5.41) is 0.722. The quantitative estimate of drug-likeness (QED) is 0.430. The van der Waals surface area contributed by atoms with E-state index in [2.05, 4.69) is 33.7 Å². The first-order valence-electron chi connectivity index (χ1n) is 16.9. The summed E-state index contributed by atoms with van der Waals surface area (Å²) in [5.74, 6) is 0.312. The second-order valence-electron chi connectivity index (χ2n) is 12.8. The van der Waals surface area contributed by atoms with Crippen LogP contribution >= 0.6 is 11.6 Å². The number of amides is 1. The molecular weight excluding hydrogens is 621 g/mol.